The van der Waals surface area contributed by atoms with Crippen LogP contribution in [0.5, 0.6) is 0 Å². The SMILES string of the molecule is C[C@H](Nc1nccc(-c2cccc(-c3cc([C@]4(O)CCN(C)C4=O)on3)n2)n1)c1ccnn1C. The van der Waals surface area contributed by atoms with E-state index in [2.05, 4.69) is 30.5 Å². The summed E-state index contributed by atoms with van der Waals surface area (Å²) in [5.41, 5.74) is 1.51. The summed E-state index contributed by atoms with van der Waals surface area (Å²) in [6.45, 7) is 2.46. The lowest BCUT2D eigenvalue weighted by Crippen LogP contribution is -2.35. The average Bonchev–Trinajstić information content (AvgIpc) is 3.57. The van der Waals surface area contributed by atoms with Crippen molar-refractivity contribution in [2.45, 2.75) is 25.0 Å². The van der Waals surface area contributed by atoms with Crippen LogP contribution in [0.15, 0.2) is 53.3 Å². The number of rotatable bonds is 6. The van der Waals surface area contributed by atoms with E-state index >= 15 is 0 Å². The fraction of sp³-hybridized carbons (Fsp3) is 0.304. The molecule has 11 heteroatoms. The van der Waals surface area contributed by atoms with Gasteiger partial charge in [-0.3, -0.25) is 9.48 Å². The molecule has 0 saturated carbocycles. The molecule has 1 fully saturated rings. The molecule has 11 nitrogen and oxygen atoms in total. The first-order valence-electron chi connectivity index (χ1n) is 10.9. The van der Waals surface area contributed by atoms with E-state index < -0.39 is 11.5 Å². The number of hydrogen-bond donors (Lipinski definition) is 2. The first-order valence-corrected chi connectivity index (χ1v) is 10.9. The molecule has 0 aromatic carbocycles. The molecular formula is C23H24N8O3. The number of likely N-dealkylation sites (tertiary alicyclic amines) is 1. The minimum atomic E-state index is -1.70. The number of anilines is 1. The molecule has 0 unspecified atom stereocenters. The molecule has 5 heterocycles. The van der Waals surface area contributed by atoms with Gasteiger partial charge in [0.25, 0.3) is 5.91 Å². The van der Waals surface area contributed by atoms with Gasteiger partial charge in [0.1, 0.15) is 5.69 Å². The first kappa shape index (κ1) is 21.7. The number of likely N-dealkylation sites (N-methyl/N-ethyl adjacent to an activating group) is 1. The van der Waals surface area contributed by atoms with Crippen LogP contribution in [0.4, 0.5) is 5.95 Å². The number of aliphatic hydroxyl groups is 1. The number of carbonyl (C=O) groups is 1. The number of pyridine rings is 1. The smallest absolute Gasteiger partial charge is 0.262 e. The molecule has 2 atom stereocenters. The summed E-state index contributed by atoms with van der Waals surface area (Å²) < 4.78 is 7.15. The second-order valence-corrected chi connectivity index (χ2v) is 8.33. The van der Waals surface area contributed by atoms with Crippen LogP contribution in [0, 0.1) is 0 Å². The fourth-order valence-corrected chi connectivity index (χ4v) is 4.04. The van der Waals surface area contributed by atoms with Gasteiger partial charge in [-0.15, -0.1) is 0 Å². The monoisotopic (exact) mass is 460 g/mol. The summed E-state index contributed by atoms with van der Waals surface area (Å²) in [5.74, 6) is 0.174. The molecule has 0 bridgehead atoms. The summed E-state index contributed by atoms with van der Waals surface area (Å²) in [6, 6.07) is 10.7. The van der Waals surface area contributed by atoms with Crippen molar-refractivity contribution >= 4 is 11.9 Å². The maximum atomic E-state index is 12.4. The van der Waals surface area contributed by atoms with Crippen molar-refractivity contribution in [2.24, 2.45) is 7.05 Å². The van der Waals surface area contributed by atoms with E-state index in [0.29, 0.717) is 35.3 Å². The summed E-state index contributed by atoms with van der Waals surface area (Å²) >= 11 is 0. The Morgan fingerprint density at radius 1 is 1.09 bits per heavy atom. The molecule has 1 saturated heterocycles. The van der Waals surface area contributed by atoms with Crippen molar-refractivity contribution in [1.82, 2.24) is 34.8 Å². The predicted molar refractivity (Wildman–Crippen MR) is 122 cm³/mol. The van der Waals surface area contributed by atoms with Crippen LogP contribution in [0.2, 0.25) is 0 Å². The zero-order valence-corrected chi connectivity index (χ0v) is 19.0. The lowest BCUT2D eigenvalue weighted by atomic mass is 9.98. The van der Waals surface area contributed by atoms with E-state index in [9.17, 15) is 9.90 Å². The Bertz CT molecular complexity index is 1350. The molecule has 0 aliphatic carbocycles. The number of carbonyl (C=O) groups excluding carboxylic acids is 1. The van der Waals surface area contributed by atoms with Gasteiger partial charge in [-0.25, -0.2) is 15.0 Å². The molecule has 4 aromatic heterocycles. The molecule has 2 N–H and O–H groups in total. The highest BCUT2D eigenvalue weighted by atomic mass is 16.5. The Balaban J connectivity index is 1.39. The van der Waals surface area contributed by atoms with Crippen LogP contribution in [-0.4, -0.2) is 59.4 Å². The molecule has 1 aliphatic rings. The second-order valence-electron chi connectivity index (χ2n) is 8.33. The third kappa shape index (κ3) is 3.79. The Labute approximate surface area is 195 Å². The zero-order chi connectivity index (χ0) is 23.9. The van der Waals surface area contributed by atoms with Gasteiger partial charge in [0.15, 0.2) is 5.76 Å². The van der Waals surface area contributed by atoms with E-state index in [1.165, 1.54) is 4.90 Å². The largest absolute Gasteiger partial charge is 0.373 e. The van der Waals surface area contributed by atoms with Gasteiger partial charge < -0.3 is 19.8 Å². The lowest BCUT2D eigenvalue weighted by molar-refractivity contribution is -0.144. The minimum Gasteiger partial charge on any atom is -0.373 e. The highest BCUT2D eigenvalue weighted by Gasteiger charge is 2.48. The summed E-state index contributed by atoms with van der Waals surface area (Å²) in [5, 5.41) is 22.3. The number of aryl methyl sites for hydroxylation is 1. The van der Waals surface area contributed by atoms with Gasteiger partial charge >= 0.3 is 0 Å². The van der Waals surface area contributed by atoms with E-state index in [4.69, 9.17) is 4.52 Å². The van der Waals surface area contributed by atoms with Crippen molar-refractivity contribution in [3.05, 3.63) is 60.2 Å². The molecule has 5 rings (SSSR count). The third-order valence-corrected chi connectivity index (χ3v) is 6.00. The van der Waals surface area contributed by atoms with Gasteiger partial charge in [0, 0.05) is 45.5 Å². The lowest BCUT2D eigenvalue weighted by Gasteiger charge is -2.16. The van der Waals surface area contributed by atoms with Gasteiger partial charge in [-0.2, -0.15) is 5.10 Å². The average molecular weight is 460 g/mol. The van der Waals surface area contributed by atoms with Crippen LogP contribution >= 0.6 is 0 Å². The van der Waals surface area contributed by atoms with Crippen molar-refractivity contribution in [3.63, 3.8) is 0 Å². The maximum Gasteiger partial charge on any atom is 0.262 e. The molecular weight excluding hydrogens is 436 g/mol. The summed E-state index contributed by atoms with van der Waals surface area (Å²) in [6.07, 6.45) is 3.66. The fourth-order valence-electron chi connectivity index (χ4n) is 4.04. The highest BCUT2D eigenvalue weighted by molar-refractivity contribution is 5.87. The number of nitrogens with zero attached hydrogens (tertiary/aromatic N) is 7. The molecule has 174 valence electrons. The zero-order valence-electron chi connectivity index (χ0n) is 19.0. The van der Waals surface area contributed by atoms with Crippen LogP contribution in [0.3, 0.4) is 0 Å². The second kappa shape index (κ2) is 8.34. The van der Waals surface area contributed by atoms with E-state index in [1.54, 1.807) is 42.3 Å². The minimum absolute atomic E-state index is 0.0428. The van der Waals surface area contributed by atoms with Gasteiger partial charge in [-0.05, 0) is 31.2 Å². The topological polar surface area (TPSA) is 135 Å². The predicted octanol–water partition coefficient (Wildman–Crippen LogP) is 2.15. The quantitative estimate of drug-likeness (QED) is 0.444. The molecule has 34 heavy (non-hydrogen) atoms. The number of amides is 1. The van der Waals surface area contributed by atoms with Crippen LogP contribution in [0.1, 0.15) is 30.8 Å². The number of hydrogen-bond acceptors (Lipinski definition) is 9. The Hall–Kier alpha value is -4.12. The normalized spacial score (nSPS) is 18.9. The highest BCUT2D eigenvalue weighted by Crippen LogP contribution is 2.34. The molecule has 0 spiro atoms. The Morgan fingerprint density at radius 3 is 2.56 bits per heavy atom. The van der Waals surface area contributed by atoms with Gasteiger partial charge in [0.05, 0.1) is 28.8 Å². The van der Waals surface area contributed by atoms with Gasteiger partial charge in [-0.1, -0.05) is 11.2 Å². The van der Waals surface area contributed by atoms with Crippen LogP contribution in [-0.2, 0) is 17.4 Å². The summed E-state index contributed by atoms with van der Waals surface area (Å²) in [4.78, 5) is 27.4. The van der Waals surface area contributed by atoms with E-state index in [0.717, 1.165) is 5.69 Å². The third-order valence-electron chi connectivity index (χ3n) is 6.00. The van der Waals surface area contributed by atoms with Crippen molar-refractivity contribution in [1.29, 1.82) is 0 Å². The molecule has 4 aromatic rings. The van der Waals surface area contributed by atoms with Crippen LogP contribution in [0.25, 0.3) is 22.8 Å². The molecule has 1 aliphatic heterocycles. The van der Waals surface area contributed by atoms with E-state index in [1.807, 2.05) is 32.2 Å². The van der Waals surface area contributed by atoms with E-state index in [-0.39, 0.29) is 18.2 Å². The van der Waals surface area contributed by atoms with Crippen LogP contribution < -0.4 is 5.32 Å². The first-order chi connectivity index (χ1) is 16.3. The number of nitrogens with one attached hydrogen (secondary N) is 1. The van der Waals surface area contributed by atoms with Crippen molar-refractivity contribution in [3.8, 4) is 22.8 Å². The van der Waals surface area contributed by atoms with Crippen molar-refractivity contribution < 1.29 is 14.4 Å². The molecule has 1 amide bonds. The number of aromatic nitrogens is 6. The summed E-state index contributed by atoms with van der Waals surface area (Å²) in [7, 11) is 3.53. The van der Waals surface area contributed by atoms with Crippen molar-refractivity contribution in [2.75, 3.05) is 18.9 Å². The maximum absolute atomic E-state index is 12.4. The Morgan fingerprint density at radius 2 is 1.85 bits per heavy atom. The standard InChI is InChI=1S/C23H24N8O3/c1-14(19-8-11-25-31(19)3)26-22-24-10-7-17(28-22)15-5-4-6-16(27-15)18-13-20(34-29-18)23(33)9-12-30(2)21(23)32/h4-8,10-11,13-14,33H,9,12H2,1-3H3,(H,24,26,28)/t14-,23+/m0/s1. The molecule has 0 radical (unpaired) electrons. The Kier molecular flexibility index (Phi) is 5.33. The van der Waals surface area contributed by atoms with Gasteiger partial charge in [0.2, 0.25) is 11.5 Å².